The molecule has 1 aromatic rings. The first kappa shape index (κ1) is 15.1. The van der Waals surface area contributed by atoms with Gasteiger partial charge in [-0.05, 0) is 50.9 Å². The van der Waals surface area contributed by atoms with Crippen LogP contribution in [-0.4, -0.2) is 29.3 Å². The van der Waals surface area contributed by atoms with E-state index in [0.29, 0.717) is 6.04 Å². The zero-order chi connectivity index (χ0) is 14.7. The lowest BCUT2D eigenvalue weighted by Crippen LogP contribution is -2.41. The molecule has 0 spiro atoms. The lowest BCUT2D eigenvalue weighted by molar-refractivity contribution is 0.0823. The molecule has 1 atom stereocenters. The van der Waals surface area contributed by atoms with Gasteiger partial charge in [0.05, 0.1) is 6.04 Å². The van der Waals surface area contributed by atoms with Gasteiger partial charge in [0.2, 0.25) is 0 Å². The van der Waals surface area contributed by atoms with Crippen molar-refractivity contribution in [3.05, 3.63) is 35.4 Å². The molecule has 0 N–H and O–H groups in total. The Morgan fingerprint density at radius 1 is 1.35 bits per heavy atom. The number of nitrogens with zero attached hydrogens (tertiary/aromatic N) is 1. The summed E-state index contributed by atoms with van der Waals surface area (Å²) in [6.07, 6.45) is 4.37. The SMILES string of the molecule is CCCCN(C1CC1)C(C)C(=O)c1ccc(F)c(F)c1. The molecule has 0 heterocycles. The molecule has 0 radical (unpaired) electrons. The number of halogens is 2. The number of rotatable bonds is 7. The van der Waals surface area contributed by atoms with Crippen molar-refractivity contribution in [3.8, 4) is 0 Å². The first-order valence-corrected chi connectivity index (χ1v) is 7.29. The van der Waals surface area contributed by atoms with Crippen LogP contribution in [-0.2, 0) is 0 Å². The van der Waals surface area contributed by atoms with Crippen LogP contribution >= 0.6 is 0 Å². The molecule has 1 aliphatic rings. The van der Waals surface area contributed by atoms with Crippen LogP contribution in [0.5, 0.6) is 0 Å². The second kappa shape index (κ2) is 6.44. The van der Waals surface area contributed by atoms with Crippen molar-refractivity contribution >= 4 is 5.78 Å². The maximum Gasteiger partial charge on any atom is 0.179 e. The summed E-state index contributed by atoms with van der Waals surface area (Å²) in [5, 5.41) is 0. The van der Waals surface area contributed by atoms with Crippen molar-refractivity contribution in [1.82, 2.24) is 4.90 Å². The van der Waals surface area contributed by atoms with E-state index < -0.39 is 11.6 Å². The molecule has 2 rings (SSSR count). The fourth-order valence-corrected chi connectivity index (χ4v) is 2.48. The number of carbonyl (C=O) groups excluding carboxylic acids is 1. The van der Waals surface area contributed by atoms with Crippen LogP contribution in [0.3, 0.4) is 0 Å². The van der Waals surface area contributed by atoms with Crippen LogP contribution in [0.25, 0.3) is 0 Å². The molecule has 20 heavy (non-hydrogen) atoms. The number of unbranched alkanes of at least 4 members (excludes halogenated alkanes) is 1. The standard InChI is InChI=1S/C16H21F2NO/c1-3-4-9-19(13-6-7-13)11(2)16(20)12-5-8-14(17)15(18)10-12/h5,8,10-11,13H,3-4,6-7,9H2,1-2H3. The summed E-state index contributed by atoms with van der Waals surface area (Å²) in [5.41, 5.74) is 0.249. The molecule has 1 saturated carbocycles. The summed E-state index contributed by atoms with van der Waals surface area (Å²) in [4.78, 5) is 14.6. The van der Waals surface area contributed by atoms with E-state index in [-0.39, 0.29) is 17.4 Å². The molecule has 4 heteroatoms. The minimum atomic E-state index is -0.963. The molecule has 110 valence electrons. The van der Waals surface area contributed by atoms with Gasteiger partial charge in [-0.1, -0.05) is 13.3 Å². The number of carbonyl (C=O) groups is 1. The highest BCUT2D eigenvalue weighted by molar-refractivity contribution is 5.99. The van der Waals surface area contributed by atoms with Crippen molar-refractivity contribution < 1.29 is 13.6 Å². The number of hydrogen-bond acceptors (Lipinski definition) is 2. The van der Waals surface area contributed by atoms with Gasteiger partial charge in [0, 0.05) is 11.6 Å². The van der Waals surface area contributed by atoms with Gasteiger partial charge in [0.15, 0.2) is 17.4 Å². The van der Waals surface area contributed by atoms with E-state index in [0.717, 1.165) is 44.4 Å². The number of hydrogen-bond donors (Lipinski definition) is 0. The lowest BCUT2D eigenvalue weighted by atomic mass is 10.0. The molecular weight excluding hydrogens is 260 g/mol. The van der Waals surface area contributed by atoms with Gasteiger partial charge in [-0.25, -0.2) is 8.78 Å². The zero-order valence-corrected chi connectivity index (χ0v) is 12.0. The summed E-state index contributed by atoms with van der Waals surface area (Å²) in [6, 6.07) is 3.58. The molecular formula is C16H21F2NO. The first-order valence-electron chi connectivity index (χ1n) is 7.29. The lowest BCUT2D eigenvalue weighted by Gasteiger charge is -2.28. The number of benzene rings is 1. The van der Waals surface area contributed by atoms with Gasteiger partial charge in [-0.2, -0.15) is 0 Å². The maximum absolute atomic E-state index is 13.2. The van der Waals surface area contributed by atoms with Crippen LogP contribution in [0.4, 0.5) is 8.78 Å². The molecule has 0 bridgehead atoms. The van der Waals surface area contributed by atoms with Gasteiger partial charge in [0.25, 0.3) is 0 Å². The van der Waals surface area contributed by atoms with Crippen molar-refractivity contribution in [2.45, 2.75) is 51.6 Å². The van der Waals surface area contributed by atoms with Gasteiger partial charge in [-0.15, -0.1) is 0 Å². The molecule has 0 aromatic heterocycles. The van der Waals surface area contributed by atoms with E-state index in [9.17, 15) is 13.6 Å². The summed E-state index contributed by atoms with van der Waals surface area (Å²) in [7, 11) is 0. The molecule has 2 nitrogen and oxygen atoms in total. The monoisotopic (exact) mass is 281 g/mol. The number of Topliss-reactive ketones (excluding diaryl/α,β-unsaturated/α-hetero) is 1. The fourth-order valence-electron chi connectivity index (χ4n) is 2.48. The quantitative estimate of drug-likeness (QED) is 0.708. The fraction of sp³-hybridized carbons (Fsp3) is 0.562. The molecule has 1 fully saturated rings. The van der Waals surface area contributed by atoms with Crippen molar-refractivity contribution in [2.24, 2.45) is 0 Å². The van der Waals surface area contributed by atoms with Crippen LogP contribution < -0.4 is 0 Å². The van der Waals surface area contributed by atoms with Crippen molar-refractivity contribution in [2.75, 3.05) is 6.54 Å². The Bertz CT molecular complexity index is 485. The Morgan fingerprint density at radius 2 is 2.05 bits per heavy atom. The highest BCUT2D eigenvalue weighted by Crippen LogP contribution is 2.30. The minimum Gasteiger partial charge on any atom is -0.292 e. The smallest absolute Gasteiger partial charge is 0.179 e. The molecule has 1 unspecified atom stereocenters. The van der Waals surface area contributed by atoms with E-state index in [1.807, 2.05) is 6.92 Å². The summed E-state index contributed by atoms with van der Waals surface area (Å²) in [5.74, 6) is -2.01. The summed E-state index contributed by atoms with van der Waals surface area (Å²) >= 11 is 0. The van der Waals surface area contributed by atoms with E-state index in [1.165, 1.54) is 6.07 Å². The number of ketones is 1. The average Bonchev–Trinajstić information content (AvgIpc) is 3.26. The Morgan fingerprint density at radius 3 is 2.60 bits per heavy atom. The third-order valence-electron chi connectivity index (χ3n) is 3.87. The Kier molecular flexibility index (Phi) is 4.86. The van der Waals surface area contributed by atoms with E-state index in [4.69, 9.17) is 0 Å². The summed E-state index contributed by atoms with van der Waals surface area (Å²) in [6.45, 7) is 4.86. The first-order chi connectivity index (χ1) is 9.54. The van der Waals surface area contributed by atoms with E-state index in [1.54, 1.807) is 0 Å². The largest absolute Gasteiger partial charge is 0.292 e. The second-order valence-electron chi connectivity index (χ2n) is 5.49. The van der Waals surface area contributed by atoms with Gasteiger partial charge < -0.3 is 0 Å². The zero-order valence-electron chi connectivity index (χ0n) is 12.0. The molecule has 0 aliphatic heterocycles. The molecule has 0 saturated heterocycles. The van der Waals surface area contributed by atoms with Crippen LogP contribution in [0, 0.1) is 11.6 Å². The van der Waals surface area contributed by atoms with E-state index in [2.05, 4.69) is 11.8 Å². The highest BCUT2D eigenvalue weighted by Gasteiger charge is 2.34. The van der Waals surface area contributed by atoms with Gasteiger partial charge >= 0.3 is 0 Å². The van der Waals surface area contributed by atoms with Gasteiger partial charge in [-0.3, -0.25) is 9.69 Å². The Labute approximate surface area is 118 Å². The maximum atomic E-state index is 13.2. The normalized spacial score (nSPS) is 16.4. The molecule has 1 aromatic carbocycles. The van der Waals surface area contributed by atoms with Crippen molar-refractivity contribution in [3.63, 3.8) is 0 Å². The van der Waals surface area contributed by atoms with E-state index >= 15 is 0 Å². The highest BCUT2D eigenvalue weighted by atomic mass is 19.2. The predicted octanol–water partition coefficient (Wildman–Crippen LogP) is 3.80. The van der Waals surface area contributed by atoms with Gasteiger partial charge in [0.1, 0.15) is 0 Å². The Hall–Kier alpha value is -1.29. The average molecular weight is 281 g/mol. The summed E-state index contributed by atoms with van der Waals surface area (Å²) < 4.78 is 26.2. The molecule has 0 amide bonds. The second-order valence-corrected chi connectivity index (χ2v) is 5.49. The van der Waals surface area contributed by atoms with Crippen LogP contribution in [0.2, 0.25) is 0 Å². The minimum absolute atomic E-state index is 0.132. The van der Waals surface area contributed by atoms with Crippen LogP contribution in [0.1, 0.15) is 49.9 Å². The van der Waals surface area contributed by atoms with Crippen LogP contribution in [0.15, 0.2) is 18.2 Å². The van der Waals surface area contributed by atoms with Crippen molar-refractivity contribution in [1.29, 1.82) is 0 Å². The predicted molar refractivity (Wildman–Crippen MR) is 74.8 cm³/mol. The topological polar surface area (TPSA) is 20.3 Å². The third-order valence-corrected chi connectivity index (χ3v) is 3.87. The Balaban J connectivity index is 2.11. The third kappa shape index (κ3) is 3.42. The molecule has 1 aliphatic carbocycles.